The Bertz CT molecular complexity index is 464. The van der Waals surface area contributed by atoms with Gasteiger partial charge in [0.25, 0.3) is 0 Å². The highest BCUT2D eigenvalue weighted by Crippen LogP contribution is 2.10. The molecule has 0 heterocycles. The second-order valence-corrected chi connectivity index (χ2v) is 3.61. The van der Waals surface area contributed by atoms with Gasteiger partial charge in [-0.15, -0.1) is 0 Å². The summed E-state index contributed by atoms with van der Waals surface area (Å²) in [5, 5.41) is 2.69. The zero-order valence-electron chi connectivity index (χ0n) is 9.18. The van der Waals surface area contributed by atoms with Crippen molar-refractivity contribution in [3.63, 3.8) is 0 Å². The van der Waals surface area contributed by atoms with Gasteiger partial charge >= 0.3 is 6.03 Å². The molecule has 0 aliphatic heterocycles. The lowest BCUT2D eigenvalue weighted by Gasteiger charge is -1.92. The van der Waals surface area contributed by atoms with Crippen LogP contribution in [0.25, 0.3) is 6.08 Å². The van der Waals surface area contributed by atoms with Crippen molar-refractivity contribution in [2.75, 3.05) is 0 Å². The Balaban J connectivity index is 2.50. The number of aliphatic imine (C=N–C) groups is 1. The number of nitrogens with zero attached hydrogens (tertiary/aromatic N) is 1. The molecule has 0 saturated heterocycles. The maximum Gasteiger partial charge on any atom is 0.347 e. The summed E-state index contributed by atoms with van der Waals surface area (Å²) in [4.78, 5) is 24.9. The van der Waals surface area contributed by atoms with Crippen LogP contribution in [0.3, 0.4) is 0 Å². The number of hydrogen-bond donors (Lipinski definition) is 1. The fourth-order valence-electron chi connectivity index (χ4n) is 1.02. The molecule has 17 heavy (non-hydrogen) atoms. The van der Waals surface area contributed by atoms with Gasteiger partial charge in [0, 0.05) is 18.2 Å². The van der Waals surface area contributed by atoms with E-state index in [-0.39, 0.29) is 0 Å². The molecule has 88 valence electrons. The SMILES string of the molecule is CC(=O)NC(=O)N=CC=Cc1ccc(Cl)cc1. The van der Waals surface area contributed by atoms with Crippen molar-refractivity contribution in [1.29, 1.82) is 0 Å². The highest BCUT2D eigenvalue weighted by atomic mass is 35.5. The first kappa shape index (κ1) is 13.1. The van der Waals surface area contributed by atoms with Crippen molar-refractivity contribution in [1.82, 2.24) is 5.32 Å². The maximum atomic E-state index is 10.9. The van der Waals surface area contributed by atoms with E-state index in [9.17, 15) is 9.59 Å². The fourth-order valence-corrected chi connectivity index (χ4v) is 1.15. The number of imide groups is 1. The predicted molar refractivity (Wildman–Crippen MR) is 68.2 cm³/mol. The van der Waals surface area contributed by atoms with Crippen molar-refractivity contribution >= 4 is 35.8 Å². The monoisotopic (exact) mass is 250 g/mol. The Morgan fingerprint density at radius 2 is 1.94 bits per heavy atom. The summed E-state index contributed by atoms with van der Waals surface area (Å²) in [6.45, 7) is 1.25. The summed E-state index contributed by atoms with van der Waals surface area (Å²) in [5.74, 6) is -0.436. The first-order chi connectivity index (χ1) is 8.08. The predicted octanol–water partition coefficient (Wildman–Crippen LogP) is 2.68. The lowest BCUT2D eigenvalue weighted by molar-refractivity contribution is -0.117. The Kier molecular flexibility index (Phi) is 5.10. The molecule has 0 unspecified atom stereocenters. The van der Waals surface area contributed by atoms with Crippen LogP contribution in [0.1, 0.15) is 12.5 Å². The number of rotatable bonds is 2. The van der Waals surface area contributed by atoms with Gasteiger partial charge in [0.15, 0.2) is 0 Å². The number of benzene rings is 1. The molecule has 1 N–H and O–H groups in total. The van der Waals surface area contributed by atoms with Crippen LogP contribution in [0.2, 0.25) is 5.02 Å². The Labute approximate surface area is 104 Å². The van der Waals surface area contributed by atoms with Crippen LogP contribution >= 0.6 is 11.6 Å². The standard InChI is InChI=1S/C12H11ClN2O2/c1-9(16)15-12(17)14-8-2-3-10-4-6-11(13)7-5-10/h2-8H,1H3,(H,15,16,17). The van der Waals surface area contributed by atoms with Gasteiger partial charge in [-0.25, -0.2) is 9.79 Å². The van der Waals surface area contributed by atoms with Gasteiger partial charge in [-0.3, -0.25) is 10.1 Å². The van der Waals surface area contributed by atoms with E-state index in [1.54, 1.807) is 24.3 Å². The van der Waals surface area contributed by atoms with E-state index >= 15 is 0 Å². The third-order valence-electron chi connectivity index (χ3n) is 1.72. The lowest BCUT2D eigenvalue weighted by atomic mass is 10.2. The van der Waals surface area contributed by atoms with Gasteiger partial charge in [0.2, 0.25) is 5.91 Å². The van der Waals surface area contributed by atoms with E-state index < -0.39 is 11.9 Å². The molecule has 5 heteroatoms. The number of hydrogen-bond acceptors (Lipinski definition) is 2. The number of carbonyl (C=O) groups excluding carboxylic acids is 2. The van der Waals surface area contributed by atoms with Crippen molar-refractivity contribution in [3.05, 3.63) is 40.9 Å². The Morgan fingerprint density at radius 3 is 2.53 bits per heavy atom. The van der Waals surface area contributed by atoms with Crippen LogP contribution in [-0.2, 0) is 4.79 Å². The van der Waals surface area contributed by atoms with Crippen molar-refractivity contribution in [3.8, 4) is 0 Å². The maximum absolute atomic E-state index is 10.9. The summed E-state index contributed by atoms with van der Waals surface area (Å²) in [6, 6.07) is 6.52. The van der Waals surface area contributed by atoms with Gasteiger partial charge in [0.1, 0.15) is 0 Å². The third-order valence-corrected chi connectivity index (χ3v) is 1.97. The van der Waals surface area contributed by atoms with Crippen LogP contribution < -0.4 is 5.32 Å². The van der Waals surface area contributed by atoms with Gasteiger partial charge in [-0.05, 0) is 23.8 Å². The number of allylic oxidation sites excluding steroid dienone is 1. The summed E-state index contributed by atoms with van der Waals surface area (Å²) in [5.41, 5.74) is 0.938. The average Bonchev–Trinajstić information content (AvgIpc) is 2.26. The van der Waals surface area contributed by atoms with Crippen LogP contribution in [0.15, 0.2) is 35.3 Å². The molecule has 0 aliphatic rings. The van der Waals surface area contributed by atoms with Gasteiger partial charge in [0.05, 0.1) is 0 Å². The smallest absolute Gasteiger partial charge is 0.276 e. The van der Waals surface area contributed by atoms with Crippen LogP contribution in [-0.4, -0.2) is 18.2 Å². The van der Waals surface area contributed by atoms with Crippen LogP contribution in [0.4, 0.5) is 4.79 Å². The zero-order chi connectivity index (χ0) is 12.7. The molecule has 0 aliphatic carbocycles. The first-order valence-electron chi connectivity index (χ1n) is 4.86. The molecule has 0 aromatic heterocycles. The number of carbonyl (C=O) groups is 2. The molecule has 1 aromatic rings. The third kappa shape index (κ3) is 5.63. The lowest BCUT2D eigenvalue weighted by Crippen LogP contribution is -2.24. The average molecular weight is 251 g/mol. The minimum absolute atomic E-state index is 0.436. The minimum atomic E-state index is -0.682. The molecule has 3 amide bonds. The number of halogens is 1. The van der Waals surface area contributed by atoms with E-state index in [1.165, 1.54) is 13.1 Å². The highest BCUT2D eigenvalue weighted by molar-refractivity contribution is 6.30. The van der Waals surface area contributed by atoms with E-state index in [0.717, 1.165) is 5.56 Å². The first-order valence-corrected chi connectivity index (χ1v) is 5.23. The molecule has 0 radical (unpaired) electrons. The quantitative estimate of drug-likeness (QED) is 0.821. The fraction of sp³-hybridized carbons (Fsp3) is 0.0833. The van der Waals surface area contributed by atoms with Gasteiger partial charge in [-0.2, -0.15) is 0 Å². The highest BCUT2D eigenvalue weighted by Gasteiger charge is 1.96. The molecule has 1 aromatic carbocycles. The van der Waals surface area contributed by atoms with E-state index in [4.69, 9.17) is 11.6 Å². The normalized spacial score (nSPS) is 10.9. The second-order valence-electron chi connectivity index (χ2n) is 3.18. The summed E-state index contributed by atoms with van der Waals surface area (Å²) >= 11 is 5.73. The van der Waals surface area contributed by atoms with E-state index in [0.29, 0.717) is 5.02 Å². The molecular formula is C12H11ClN2O2. The minimum Gasteiger partial charge on any atom is -0.276 e. The van der Waals surface area contributed by atoms with E-state index in [2.05, 4.69) is 4.99 Å². The molecule has 0 bridgehead atoms. The van der Waals surface area contributed by atoms with Crippen molar-refractivity contribution in [2.45, 2.75) is 6.92 Å². The number of amides is 3. The molecule has 4 nitrogen and oxygen atoms in total. The Morgan fingerprint density at radius 1 is 1.29 bits per heavy atom. The van der Waals surface area contributed by atoms with Crippen molar-refractivity contribution in [2.24, 2.45) is 4.99 Å². The number of urea groups is 1. The molecule has 1 rings (SSSR count). The largest absolute Gasteiger partial charge is 0.347 e. The van der Waals surface area contributed by atoms with Crippen molar-refractivity contribution < 1.29 is 9.59 Å². The van der Waals surface area contributed by atoms with Gasteiger partial charge < -0.3 is 0 Å². The summed E-state index contributed by atoms with van der Waals surface area (Å²) in [7, 11) is 0. The topological polar surface area (TPSA) is 58.5 Å². The summed E-state index contributed by atoms with van der Waals surface area (Å²) in [6.07, 6.45) is 4.68. The van der Waals surface area contributed by atoms with Gasteiger partial charge in [-0.1, -0.05) is 29.8 Å². The Hall–Kier alpha value is -1.94. The van der Waals surface area contributed by atoms with Crippen LogP contribution in [0.5, 0.6) is 0 Å². The molecule has 0 fully saturated rings. The molecule has 0 atom stereocenters. The molecular weight excluding hydrogens is 240 g/mol. The summed E-state index contributed by atoms with van der Waals surface area (Å²) < 4.78 is 0. The molecule has 0 spiro atoms. The molecule has 0 saturated carbocycles. The number of nitrogens with one attached hydrogen (secondary N) is 1. The second kappa shape index (κ2) is 6.60. The van der Waals surface area contributed by atoms with Crippen LogP contribution in [0, 0.1) is 0 Å². The van der Waals surface area contributed by atoms with E-state index in [1.807, 2.05) is 17.4 Å². The zero-order valence-corrected chi connectivity index (χ0v) is 9.94.